The van der Waals surface area contributed by atoms with Crippen molar-refractivity contribution in [2.24, 2.45) is 5.92 Å². The summed E-state index contributed by atoms with van der Waals surface area (Å²) in [6.07, 6.45) is 8.62. The molecule has 0 spiro atoms. The minimum Gasteiger partial charge on any atom is -0.377 e. The molecule has 0 radical (unpaired) electrons. The van der Waals surface area contributed by atoms with Crippen LogP contribution in [0.4, 0.5) is 0 Å². The fourth-order valence-corrected chi connectivity index (χ4v) is 4.54. The van der Waals surface area contributed by atoms with Crippen molar-refractivity contribution in [3.8, 4) is 0 Å². The third-order valence-corrected chi connectivity index (χ3v) is 6.08. The van der Waals surface area contributed by atoms with Crippen LogP contribution in [0, 0.1) is 5.92 Å². The van der Waals surface area contributed by atoms with Gasteiger partial charge in [-0.05, 0) is 43.0 Å². The predicted molar refractivity (Wildman–Crippen MR) is 95.9 cm³/mol. The largest absolute Gasteiger partial charge is 0.377 e. The van der Waals surface area contributed by atoms with Crippen LogP contribution in [0.15, 0.2) is 17.5 Å². The standard InChI is InChI=1S/C19H31NO2S/c1-16-6-2-3-9-19(16)22-12-10-20(14-17-7-4-11-21-17)15-18-8-5-13-23-18/h5,8,13,16-17,19H,2-4,6-7,9-12,14-15H2,1H3/t16-,17+,19+/m1/s1. The molecule has 0 amide bonds. The summed E-state index contributed by atoms with van der Waals surface area (Å²) >= 11 is 1.85. The van der Waals surface area contributed by atoms with Crippen LogP contribution < -0.4 is 0 Å². The molecule has 0 bridgehead atoms. The molecule has 130 valence electrons. The zero-order valence-electron chi connectivity index (χ0n) is 14.4. The van der Waals surface area contributed by atoms with E-state index in [1.54, 1.807) is 0 Å². The second-order valence-electron chi connectivity index (χ2n) is 7.12. The van der Waals surface area contributed by atoms with Gasteiger partial charge in [0.25, 0.3) is 0 Å². The molecule has 4 heteroatoms. The van der Waals surface area contributed by atoms with E-state index in [1.807, 2.05) is 11.3 Å². The Bertz CT molecular complexity index is 431. The van der Waals surface area contributed by atoms with E-state index in [4.69, 9.17) is 9.47 Å². The summed E-state index contributed by atoms with van der Waals surface area (Å²) < 4.78 is 12.1. The van der Waals surface area contributed by atoms with Crippen LogP contribution >= 0.6 is 11.3 Å². The Morgan fingerprint density at radius 2 is 2.17 bits per heavy atom. The second kappa shape index (κ2) is 9.16. The maximum atomic E-state index is 6.23. The van der Waals surface area contributed by atoms with Crippen LogP contribution in [-0.2, 0) is 16.0 Å². The van der Waals surface area contributed by atoms with E-state index in [-0.39, 0.29) is 0 Å². The van der Waals surface area contributed by atoms with Gasteiger partial charge >= 0.3 is 0 Å². The van der Waals surface area contributed by atoms with E-state index >= 15 is 0 Å². The Morgan fingerprint density at radius 3 is 2.91 bits per heavy atom. The fraction of sp³-hybridized carbons (Fsp3) is 0.789. The highest BCUT2D eigenvalue weighted by Gasteiger charge is 2.23. The molecule has 1 aliphatic carbocycles. The van der Waals surface area contributed by atoms with E-state index in [1.165, 1.54) is 43.4 Å². The molecule has 1 aromatic rings. The van der Waals surface area contributed by atoms with Gasteiger partial charge in [-0.15, -0.1) is 11.3 Å². The van der Waals surface area contributed by atoms with E-state index in [0.717, 1.165) is 38.8 Å². The van der Waals surface area contributed by atoms with E-state index in [0.29, 0.717) is 12.2 Å². The molecule has 0 aromatic carbocycles. The maximum absolute atomic E-state index is 6.23. The van der Waals surface area contributed by atoms with Crippen LogP contribution in [0.3, 0.4) is 0 Å². The van der Waals surface area contributed by atoms with Crippen molar-refractivity contribution in [3.63, 3.8) is 0 Å². The van der Waals surface area contributed by atoms with Gasteiger partial charge in [0.2, 0.25) is 0 Å². The van der Waals surface area contributed by atoms with Crippen LogP contribution in [0.2, 0.25) is 0 Å². The fourth-order valence-electron chi connectivity index (χ4n) is 3.80. The third kappa shape index (κ3) is 5.56. The first kappa shape index (κ1) is 17.4. The van der Waals surface area contributed by atoms with Crippen molar-refractivity contribution in [1.82, 2.24) is 4.90 Å². The molecule has 1 saturated heterocycles. The summed E-state index contributed by atoms with van der Waals surface area (Å²) in [5.74, 6) is 0.729. The number of thiophene rings is 1. The predicted octanol–water partition coefficient (Wildman–Crippen LogP) is 4.32. The maximum Gasteiger partial charge on any atom is 0.0703 e. The number of hydrogen-bond donors (Lipinski definition) is 0. The van der Waals surface area contributed by atoms with Gasteiger partial charge in [-0.25, -0.2) is 0 Å². The molecule has 2 heterocycles. The summed E-state index contributed by atoms with van der Waals surface area (Å²) in [4.78, 5) is 3.96. The van der Waals surface area contributed by atoms with Gasteiger partial charge in [0.05, 0.1) is 18.8 Å². The monoisotopic (exact) mass is 337 g/mol. The van der Waals surface area contributed by atoms with Gasteiger partial charge in [0.1, 0.15) is 0 Å². The molecule has 0 unspecified atom stereocenters. The summed E-state index contributed by atoms with van der Waals surface area (Å²) in [5, 5.41) is 2.17. The zero-order chi connectivity index (χ0) is 15.9. The van der Waals surface area contributed by atoms with Crippen LogP contribution in [-0.4, -0.2) is 43.4 Å². The van der Waals surface area contributed by atoms with Crippen LogP contribution in [0.1, 0.15) is 50.3 Å². The van der Waals surface area contributed by atoms with E-state index in [2.05, 4.69) is 29.3 Å². The number of hydrogen-bond acceptors (Lipinski definition) is 4. The molecule has 3 nitrogen and oxygen atoms in total. The lowest BCUT2D eigenvalue weighted by atomic mass is 9.88. The molecule has 3 rings (SSSR count). The lowest BCUT2D eigenvalue weighted by Gasteiger charge is -2.30. The average Bonchev–Trinajstić information content (AvgIpc) is 3.23. The Hall–Kier alpha value is -0.420. The first-order chi connectivity index (χ1) is 11.3. The minimum atomic E-state index is 0.420. The average molecular weight is 338 g/mol. The van der Waals surface area contributed by atoms with Gasteiger partial charge in [0, 0.05) is 31.1 Å². The number of ether oxygens (including phenoxy) is 2. The normalized spacial score (nSPS) is 28.5. The van der Waals surface area contributed by atoms with Crippen molar-refractivity contribution in [2.45, 2.75) is 64.2 Å². The molecule has 1 aromatic heterocycles. The van der Waals surface area contributed by atoms with Gasteiger partial charge in [-0.2, -0.15) is 0 Å². The lowest BCUT2D eigenvalue weighted by Crippen LogP contribution is -2.36. The van der Waals surface area contributed by atoms with Crippen molar-refractivity contribution in [2.75, 3.05) is 26.3 Å². The first-order valence-electron chi connectivity index (χ1n) is 9.29. The molecular weight excluding hydrogens is 306 g/mol. The molecule has 3 atom stereocenters. The Morgan fingerprint density at radius 1 is 1.26 bits per heavy atom. The Kier molecular flexibility index (Phi) is 6.94. The Labute approximate surface area is 145 Å². The first-order valence-corrected chi connectivity index (χ1v) is 10.2. The summed E-state index contributed by atoms with van der Waals surface area (Å²) in [6, 6.07) is 4.38. The number of nitrogens with zero attached hydrogens (tertiary/aromatic N) is 1. The minimum absolute atomic E-state index is 0.420. The highest BCUT2D eigenvalue weighted by molar-refractivity contribution is 7.09. The van der Waals surface area contributed by atoms with Crippen molar-refractivity contribution >= 4 is 11.3 Å². The van der Waals surface area contributed by atoms with Crippen molar-refractivity contribution < 1.29 is 9.47 Å². The molecule has 23 heavy (non-hydrogen) atoms. The van der Waals surface area contributed by atoms with Crippen molar-refractivity contribution in [3.05, 3.63) is 22.4 Å². The summed E-state index contributed by atoms with van der Waals surface area (Å²) in [7, 11) is 0. The molecule has 2 aliphatic rings. The SMILES string of the molecule is C[C@@H]1CCCC[C@@H]1OCCN(Cc1cccs1)C[C@@H]1CCCO1. The third-order valence-electron chi connectivity index (χ3n) is 5.22. The zero-order valence-corrected chi connectivity index (χ0v) is 15.2. The van der Waals surface area contributed by atoms with E-state index < -0.39 is 0 Å². The van der Waals surface area contributed by atoms with Crippen molar-refractivity contribution in [1.29, 1.82) is 0 Å². The van der Waals surface area contributed by atoms with Gasteiger partial charge in [-0.1, -0.05) is 25.8 Å². The highest BCUT2D eigenvalue weighted by Crippen LogP contribution is 2.26. The summed E-state index contributed by atoms with van der Waals surface area (Å²) in [6.45, 7) is 7.23. The highest BCUT2D eigenvalue weighted by atomic mass is 32.1. The smallest absolute Gasteiger partial charge is 0.0703 e. The van der Waals surface area contributed by atoms with Gasteiger partial charge in [0.15, 0.2) is 0 Å². The molecular formula is C19H31NO2S. The topological polar surface area (TPSA) is 21.7 Å². The van der Waals surface area contributed by atoms with Gasteiger partial charge in [-0.3, -0.25) is 4.90 Å². The second-order valence-corrected chi connectivity index (χ2v) is 8.15. The molecule has 0 N–H and O–H groups in total. The molecule has 2 fully saturated rings. The van der Waals surface area contributed by atoms with E-state index in [9.17, 15) is 0 Å². The molecule has 1 aliphatic heterocycles. The quantitative estimate of drug-likeness (QED) is 0.705. The summed E-state index contributed by atoms with van der Waals surface area (Å²) in [5.41, 5.74) is 0. The van der Waals surface area contributed by atoms with Crippen LogP contribution in [0.25, 0.3) is 0 Å². The molecule has 1 saturated carbocycles. The lowest BCUT2D eigenvalue weighted by molar-refractivity contribution is -0.0196. The number of rotatable bonds is 8. The van der Waals surface area contributed by atoms with Crippen LogP contribution in [0.5, 0.6) is 0 Å². The Balaban J connectivity index is 1.46. The van der Waals surface area contributed by atoms with Gasteiger partial charge < -0.3 is 9.47 Å².